The minimum Gasteiger partial charge on any atom is -0.388 e. The molecule has 7 heteroatoms. The second-order valence-corrected chi connectivity index (χ2v) is 12.7. The monoisotopic (exact) mass is 595 g/mol. The SMILES string of the molecule is C=C/C=C(\C=C/CC(O)c1c(CC)nc2c(c1C1=CCCC1)C(O)CC(C)(C)C2)C(F)(F)F.CCC(C)(C)C.CS. The average Bonchev–Trinajstić information content (AvgIpc) is 3.41. The van der Waals surface area contributed by atoms with Gasteiger partial charge in [-0.3, -0.25) is 4.98 Å². The summed E-state index contributed by atoms with van der Waals surface area (Å²) in [6, 6.07) is 0. The molecule has 3 rings (SSSR count). The highest BCUT2D eigenvalue weighted by Gasteiger charge is 2.37. The van der Waals surface area contributed by atoms with E-state index in [9.17, 15) is 23.4 Å². The van der Waals surface area contributed by atoms with Gasteiger partial charge >= 0.3 is 6.18 Å². The van der Waals surface area contributed by atoms with E-state index in [1.54, 1.807) is 6.26 Å². The summed E-state index contributed by atoms with van der Waals surface area (Å²) in [5.74, 6) is 0. The average molecular weight is 596 g/mol. The van der Waals surface area contributed by atoms with Gasteiger partial charge in [-0.2, -0.15) is 25.8 Å². The first-order chi connectivity index (χ1) is 19.0. The summed E-state index contributed by atoms with van der Waals surface area (Å²) in [6.07, 6.45) is 7.99. The zero-order valence-corrected chi connectivity index (χ0v) is 27.2. The number of thiol groups is 1. The molecule has 2 aliphatic rings. The van der Waals surface area contributed by atoms with Gasteiger partial charge in [0.15, 0.2) is 0 Å². The Morgan fingerprint density at radius 3 is 2.29 bits per heavy atom. The molecule has 0 amide bonds. The van der Waals surface area contributed by atoms with Crippen molar-refractivity contribution in [3.05, 3.63) is 70.6 Å². The second kappa shape index (κ2) is 16.1. The zero-order chi connectivity index (χ0) is 31.6. The highest BCUT2D eigenvalue weighted by molar-refractivity contribution is 7.79. The van der Waals surface area contributed by atoms with Crippen molar-refractivity contribution in [1.29, 1.82) is 0 Å². The minimum absolute atomic E-state index is 0.0138. The number of pyridine rings is 1. The maximum absolute atomic E-state index is 13.2. The van der Waals surface area contributed by atoms with E-state index in [0.29, 0.717) is 23.8 Å². The minimum atomic E-state index is -4.49. The Balaban J connectivity index is 0.000000931. The maximum Gasteiger partial charge on any atom is 0.416 e. The Labute approximate surface area is 252 Å². The summed E-state index contributed by atoms with van der Waals surface area (Å²) < 4.78 is 39.5. The molecule has 1 heterocycles. The lowest BCUT2D eigenvalue weighted by atomic mass is 9.71. The van der Waals surface area contributed by atoms with Gasteiger partial charge in [0, 0.05) is 22.5 Å². The number of halogens is 3. The molecule has 232 valence electrons. The van der Waals surface area contributed by atoms with Crippen molar-refractivity contribution in [1.82, 2.24) is 4.98 Å². The van der Waals surface area contributed by atoms with E-state index in [0.717, 1.165) is 72.0 Å². The molecule has 1 aromatic rings. The topological polar surface area (TPSA) is 53.4 Å². The largest absolute Gasteiger partial charge is 0.416 e. The number of aryl methyl sites for hydroxylation is 1. The number of nitrogens with zero attached hydrogens (tertiary/aromatic N) is 1. The Morgan fingerprint density at radius 2 is 1.83 bits per heavy atom. The van der Waals surface area contributed by atoms with Crippen molar-refractivity contribution in [2.75, 3.05) is 6.26 Å². The van der Waals surface area contributed by atoms with Crippen molar-refractivity contribution in [3.8, 4) is 0 Å². The van der Waals surface area contributed by atoms with Crippen LogP contribution in [0.1, 0.15) is 127 Å². The number of alkyl halides is 3. The molecular formula is C34H52F3NO2S. The van der Waals surface area contributed by atoms with Gasteiger partial charge in [0.05, 0.1) is 17.8 Å². The first kappa shape index (κ1) is 37.2. The molecule has 2 aliphatic carbocycles. The molecule has 1 aromatic heterocycles. The third kappa shape index (κ3) is 11.1. The number of aliphatic hydroxyl groups excluding tert-OH is 2. The van der Waals surface area contributed by atoms with Gasteiger partial charge in [0.1, 0.15) is 0 Å². The van der Waals surface area contributed by atoms with Crippen LogP contribution in [0.3, 0.4) is 0 Å². The number of fused-ring (bicyclic) bond motifs is 1. The molecule has 0 saturated heterocycles. The van der Waals surface area contributed by atoms with E-state index in [-0.39, 0.29) is 11.8 Å². The first-order valence-electron chi connectivity index (χ1n) is 14.7. The van der Waals surface area contributed by atoms with E-state index < -0.39 is 24.0 Å². The molecule has 41 heavy (non-hydrogen) atoms. The molecule has 0 radical (unpaired) electrons. The van der Waals surface area contributed by atoms with Crippen LogP contribution in [0, 0.1) is 10.8 Å². The Hall–Kier alpha value is -1.83. The molecule has 3 nitrogen and oxygen atoms in total. The Kier molecular flexibility index (Phi) is 14.6. The number of allylic oxidation sites excluding steroid dienone is 6. The highest BCUT2D eigenvalue weighted by atomic mass is 32.1. The second-order valence-electron chi connectivity index (χ2n) is 12.7. The molecule has 0 aliphatic heterocycles. The third-order valence-corrected chi connectivity index (χ3v) is 7.53. The normalized spacial score (nSPS) is 19.4. The third-order valence-electron chi connectivity index (χ3n) is 7.53. The van der Waals surface area contributed by atoms with Crippen LogP contribution in [0.5, 0.6) is 0 Å². The number of rotatable bonds is 7. The molecule has 0 bridgehead atoms. The smallest absolute Gasteiger partial charge is 0.388 e. The molecule has 0 spiro atoms. The van der Waals surface area contributed by atoms with Crippen molar-refractivity contribution in [3.63, 3.8) is 0 Å². The lowest BCUT2D eigenvalue weighted by molar-refractivity contribution is -0.0882. The van der Waals surface area contributed by atoms with Crippen LogP contribution in [-0.2, 0) is 12.8 Å². The summed E-state index contributed by atoms with van der Waals surface area (Å²) >= 11 is 3.53. The molecule has 0 aromatic carbocycles. The lowest BCUT2D eigenvalue weighted by Gasteiger charge is -2.37. The van der Waals surface area contributed by atoms with Gasteiger partial charge in [0.2, 0.25) is 0 Å². The lowest BCUT2D eigenvalue weighted by Crippen LogP contribution is -2.29. The highest BCUT2D eigenvalue weighted by Crippen LogP contribution is 2.47. The fourth-order valence-corrected chi connectivity index (χ4v) is 5.05. The Bertz CT molecular complexity index is 1090. The van der Waals surface area contributed by atoms with E-state index >= 15 is 0 Å². The summed E-state index contributed by atoms with van der Waals surface area (Å²) in [4.78, 5) is 4.87. The molecular weight excluding hydrogens is 543 g/mol. The fourth-order valence-electron chi connectivity index (χ4n) is 5.05. The standard InChI is InChI=1S/C27H34F3NO2.C6H14.CH4S/c1-5-10-18(27(28,29)30)13-9-14-21(32)24-19(6-2)31-20-15-26(3,4)16-22(33)25(20)23(24)17-11-7-8-12-17;1-5-6(2,3)4;1-2/h5,9-11,13,21-22,32-33H,1,6-8,12,14-16H2,2-4H3;5H2,1-4H3;2H,1H3/b13-9-,18-10+;;. The quantitative estimate of drug-likeness (QED) is 0.217. The van der Waals surface area contributed by atoms with Gasteiger partial charge in [-0.1, -0.05) is 91.8 Å². The number of hydrogen-bond acceptors (Lipinski definition) is 4. The van der Waals surface area contributed by atoms with Crippen molar-refractivity contribution >= 4 is 18.2 Å². The molecule has 2 unspecified atom stereocenters. The van der Waals surface area contributed by atoms with Gasteiger partial charge in [-0.15, -0.1) is 0 Å². The summed E-state index contributed by atoms with van der Waals surface area (Å²) in [5.41, 5.74) is 4.67. The van der Waals surface area contributed by atoms with Gasteiger partial charge in [0.25, 0.3) is 0 Å². The first-order valence-corrected chi connectivity index (χ1v) is 15.6. The van der Waals surface area contributed by atoms with Gasteiger partial charge in [-0.05, 0) is 73.2 Å². The Morgan fingerprint density at radius 1 is 1.22 bits per heavy atom. The summed E-state index contributed by atoms with van der Waals surface area (Å²) in [6.45, 7) is 18.5. The number of hydrogen-bond donors (Lipinski definition) is 3. The van der Waals surface area contributed by atoms with Crippen LogP contribution in [0.2, 0.25) is 0 Å². The molecule has 0 saturated carbocycles. The zero-order valence-electron chi connectivity index (χ0n) is 26.3. The molecule has 2 N–H and O–H groups in total. The van der Waals surface area contributed by atoms with E-state index in [2.05, 4.69) is 66.8 Å². The van der Waals surface area contributed by atoms with Crippen LogP contribution in [0.25, 0.3) is 5.57 Å². The molecule has 2 atom stereocenters. The van der Waals surface area contributed by atoms with Gasteiger partial charge in [-0.25, -0.2) is 0 Å². The van der Waals surface area contributed by atoms with E-state index in [1.807, 2.05) is 6.92 Å². The van der Waals surface area contributed by atoms with Crippen molar-refractivity contribution in [2.24, 2.45) is 10.8 Å². The maximum atomic E-state index is 13.2. The summed E-state index contributed by atoms with van der Waals surface area (Å²) in [7, 11) is 0. The number of aliphatic hydroxyl groups is 2. The predicted molar refractivity (Wildman–Crippen MR) is 170 cm³/mol. The van der Waals surface area contributed by atoms with E-state index in [4.69, 9.17) is 4.98 Å². The van der Waals surface area contributed by atoms with E-state index in [1.165, 1.54) is 12.5 Å². The van der Waals surface area contributed by atoms with Gasteiger partial charge < -0.3 is 10.2 Å². The van der Waals surface area contributed by atoms with Crippen LogP contribution in [-0.4, -0.2) is 27.6 Å². The van der Waals surface area contributed by atoms with Crippen molar-refractivity contribution < 1.29 is 23.4 Å². The predicted octanol–water partition coefficient (Wildman–Crippen LogP) is 9.86. The van der Waals surface area contributed by atoms with Crippen LogP contribution < -0.4 is 0 Å². The fraction of sp³-hybridized carbons (Fsp3) is 0.618. The molecule has 0 fully saturated rings. The van der Waals surface area contributed by atoms with Crippen LogP contribution >= 0.6 is 12.6 Å². The van der Waals surface area contributed by atoms with Crippen molar-refractivity contribution in [2.45, 2.75) is 118 Å². The summed E-state index contributed by atoms with van der Waals surface area (Å²) in [5, 5.41) is 22.3. The number of aromatic nitrogens is 1. The van der Waals surface area contributed by atoms with Crippen LogP contribution in [0.4, 0.5) is 13.2 Å². The van der Waals surface area contributed by atoms with Crippen LogP contribution in [0.15, 0.2) is 42.5 Å².